The average molecular weight is 337 g/mol. The van der Waals surface area contributed by atoms with Crippen molar-refractivity contribution in [2.75, 3.05) is 0 Å². The number of furan rings is 1. The van der Waals surface area contributed by atoms with Crippen LogP contribution in [0.2, 0.25) is 0 Å². The van der Waals surface area contributed by atoms with E-state index in [0.29, 0.717) is 13.1 Å². The number of halogens is 1. The van der Waals surface area contributed by atoms with Crippen LogP contribution in [-0.4, -0.2) is 11.9 Å². The summed E-state index contributed by atoms with van der Waals surface area (Å²) in [6.07, 6.45) is 1.59. The van der Waals surface area contributed by atoms with E-state index in [2.05, 4.69) is 26.6 Å². The Kier molecular flexibility index (Phi) is 5.38. The van der Waals surface area contributed by atoms with Gasteiger partial charge >= 0.3 is 0 Å². The van der Waals surface area contributed by atoms with E-state index in [0.717, 1.165) is 15.8 Å². The summed E-state index contributed by atoms with van der Waals surface area (Å²) in [5, 5.41) is 6.02. The van der Waals surface area contributed by atoms with Gasteiger partial charge in [0.2, 0.25) is 5.91 Å². The van der Waals surface area contributed by atoms with Crippen LogP contribution < -0.4 is 10.6 Å². The molecule has 1 amide bonds. The molecule has 1 unspecified atom stereocenters. The predicted octanol–water partition coefficient (Wildman–Crippen LogP) is 2.84. The summed E-state index contributed by atoms with van der Waals surface area (Å²) in [7, 11) is 0. The highest BCUT2D eigenvalue weighted by Crippen LogP contribution is 2.10. The lowest BCUT2D eigenvalue weighted by atomic mass is 10.2. The highest BCUT2D eigenvalue weighted by Gasteiger charge is 2.12. The van der Waals surface area contributed by atoms with Crippen molar-refractivity contribution < 1.29 is 9.21 Å². The number of hydrogen-bond acceptors (Lipinski definition) is 3. The van der Waals surface area contributed by atoms with Gasteiger partial charge in [-0.25, -0.2) is 0 Å². The second-order valence-corrected chi connectivity index (χ2v) is 5.44. The average Bonchev–Trinajstić information content (AvgIpc) is 2.97. The number of benzene rings is 1. The van der Waals surface area contributed by atoms with Crippen LogP contribution in [-0.2, 0) is 17.9 Å². The summed E-state index contributed by atoms with van der Waals surface area (Å²) in [5.41, 5.74) is 1.14. The summed E-state index contributed by atoms with van der Waals surface area (Å²) < 4.78 is 6.21. The lowest BCUT2D eigenvalue weighted by Gasteiger charge is -2.13. The molecule has 0 aliphatic heterocycles. The lowest BCUT2D eigenvalue weighted by Crippen LogP contribution is -2.41. The summed E-state index contributed by atoms with van der Waals surface area (Å²) in [4.78, 5) is 11.9. The molecule has 1 aromatic carbocycles. The van der Waals surface area contributed by atoms with E-state index in [1.165, 1.54) is 0 Å². The molecule has 1 aromatic heterocycles. The van der Waals surface area contributed by atoms with Gasteiger partial charge in [-0.05, 0) is 36.8 Å². The fourth-order valence-electron chi connectivity index (χ4n) is 1.71. The van der Waals surface area contributed by atoms with Crippen molar-refractivity contribution in [3.63, 3.8) is 0 Å². The normalized spacial score (nSPS) is 12.1. The molecule has 0 aliphatic rings. The third kappa shape index (κ3) is 4.51. The quantitative estimate of drug-likeness (QED) is 0.852. The van der Waals surface area contributed by atoms with Gasteiger partial charge in [0.05, 0.1) is 18.8 Å². The van der Waals surface area contributed by atoms with Gasteiger partial charge in [-0.2, -0.15) is 0 Å². The van der Waals surface area contributed by atoms with Gasteiger partial charge in [0, 0.05) is 11.0 Å². The Labute approximate surface area is 126 Å². The van der Waals surface area contributed by atoms with E-state index < -0.39 is 0 Å². The smallest absolute Gasteiger partial charge is 0.237 e. The Morgan fingerprint density at radius 1 is 1.25 bits per heavy atom. The van der Waals surface area contributed by atoms with Crippen LogP contribution in [0.5, 0.6) is 0 Å². The number of carbonyl (C=O) groups is 1. The molecule has 0 saturated carbocycles. The summed E-state index contributed by atoms with van der Waals surface area (Å²) >= 11 is 3.39. The van der Waals surface area contributed by atoms with Crippen molar-refractivity contribution in [1.82, 2.24) is 10.6 Å². The van der Waals surface area contributed by atoms with Gasteiger partial charge in [0.25, 0.3) is 0 Å². The van der Waals surface area contributed by atoms with Gasteiger partial charge in [-0.1, -0.05) is 28.1 Å². The minimum Gasteiger partial charge on any atom is -0.467 e. The first-order valence-electron chi connectivity index (χ1n) is 6.43. The topological polar surface area (TPSA) is 54.3 Å². The molecule has 0 fully saturated rings. The van der Waals surface area contributed by atoms with E-state index in [9.17, 15) is 4.79 Å². The molecule has 0 spiro atoms. The van der Waals surface area contributed by atoms with Gasteiger partial charge in [0.15, 0.2) is 0 Å². The summed E-state index contributed by atoms with van der Waals surface area (Å²) in [5.74, 6) is 0.706. The molecular formula is C15H17BrN2O2. The van der Waals surface area contributed by atoms with Crippen molar-refractivity contribution in [3.8, 4) is 0 Å². The van der Waals surface area contributed by atoms with Crippen LogP contribution in [0.4, 0.5) is 0 Å². The van der Waals surface area contributed by atoms with Crippen LogP contribution >= 0.6 is 15.9 Å². The molecule has 0 radical (unpaired) electrons. The van der Waals surface area contributed by atoms with Crippen LogP contribution in [0.1, 0.15) is 18.2 Å². The molecule has 1 atom stereocenters. The van der Waals surface area contributed by atoms with Gasteiger partial charge < -0.3 is 15.1 Å². The molecule has 2 N–H and O–H groups in total. The second kappa shape index (κ2) is 7.26. The Morgan fingerprint density at radius 3 is 2.65 bits per heavy atom. The van der Waals surface area contributed by atoms with E-state index >= 15 is 0 Å². The molecule has 20 heavy (non-hydrogen) atoms. The van der Waals surface area contributed by atoms with Crippen LogP contribution in [0.25, 0.3) is 0 Å². The van der Waals surface area contributed by atoms with E-state index in [4.69, 9.17) is 4.42 Å². The Morgan fingerprint density at radius 2 is 2.00 bits per heavy atom. The minimum absolute atomic E-state index is 0.0430. The molecule has 0 saturated heterocycles. The van der Waals surface area contributed by atoms with Crippen LogP contribution in [0.3, 0.4) is 0 Å². The number of rotatable bonds is 6. The molecule has 106 valence electrons. The fourth-order valence-corrected chi connectivity index (χ4v) is 1.97. The van der Waals surface area contributed by atoms with Crippen molar-refractivity contribution >= 4 is 21.8 Å². The largest absolute Gasteiger partial charge is 0.467 e. The molecule has 2 aromatic rings. The summed E-state index contributed by atoms with van der Waals surface area (Å²) in [6.45, 7) is 2.91. The number of carbonyl (C=O) groups excluding carboxylic acids is 1. The molecule has 0 aliphatic carbocycles. The Bertz CT molecular complexity index is 538. The second-order valence-electron chi connectivity index (χ2n) is 4.53. The lowest BCUT2D eigenvalue weighted by molar-refractivity contribution is -0.123. The van der Waals surface area contributed by atoms with Gasteiger partial charge in [-0.15, -0.1) is 0 Å². The van der Waals surface area contributed by atoms with E-state index in [1.54, 1.807) is 12.3 Å². The molecule has 1 heterocycles. The van der Waals surface area contributed by atoms with Crippen molar-refractivity contribution in [3.05, 3.63) is 58.5 Å². The fraction of sp³-hybridized carbons (Fsp3) is 0.267. The van der Waals surface area contributed by atoms with Crippen LogP contribution in [0, 0.1) is 0 Å². The Balaban J connectivity index is 1.74. The highest BCUT2D eigenvalue weighted by molar-refractivity contribution is 9.10. The zero-order chi connectivity index (χ0) is 14.4. The Hall–Kier alpha value is -1.59. The van der Waals surface area contributed by atoms with Crippen molar-refractivity contribution in [2.45, 2.75) is 26.1 Å². The molecular weight excluding hydrogens is 320 g/mol. The predicted molar refractivity (Wildman–Crippen MR) is 81.0 cm³/mol. The maximum Gasteiger partial charge on any atom is 0.237 e. The first-order chi connectivity index (χ1) is 9.65. The third-order valence-corrected chi connectivity index (χ3v) is 3.46. The number of amides is 1. The monoisotopic (exact) mass is 336 g/mol. The summed E-state index contributed by atoms with van der Waals surface area (Å²) in [6, 6.07) is 11.4. The maximum atomic E-state index is 11.9. The third-order valence-electron chi connectivity index (χ3n) is 2.94. The van der Waals surface area contributed by atoms with Crippen LogP contribution in [0.15, 0.2) is 51.6 Å². The molecule has 4 nitrogen and oxygen atoms in total. The number of hydrogen-bond donors (Lipinski definition) is 2. The molecule has 5 heteroatoms. The maximum absolute atomic E-state index is 11.9. The van der Waals surface area contributed by atoms with Gasteiger partial charge in [-0.3, -0.25) is 4.79 Å². The first-order valence-corrected chi connectivity index (χ1v) is 7.22. The SMILES string of the molecule is CC(NCc1ccc(Br)cc1)C(=O)NCc1ccco1. The zero-order valence-corrected chi connectivity index (χ0v) is 12.8. The van der Waals surface area contributed by atoms with Crippen molar-refractivity contribution in [2.24, 2.45) is 0 Å². The zero-order valence-electron chi connectivity index (χ0n) is 11.2. The van der Waals surface area contributed by atoms with E-state index in [1.807, 2.05) is 37.3 Å². The van der Waals surface area contributed by atoms with Crippen molar-refractivity contribution in [1.29, 1.82) is 0 Å². The minimum atomic E-state index is -0.256. The highest BCUT2D eigenvalue weighted by atomic mass is 79.9. The molecule has 0 bridgehead atoms. The first kappa shape index (κ1) is 14.8. The standard InChI is InChI=1S/C15H17BrN2O2/c1-11(15(19)18-10-14-3-2-8-20-14)17-9-12-4-6-13(16)7-5-12/h2-8,11,17H,9-10H2,1H3,(H,18,19). The van der Waals surface area contributed by atoms with Gasteiger partial charge in [0.1, 0.15) is 5.76 Å². The molecule has 2 rings (SSSR count). The van der Waals surface area contributed by atoms with E-state index in [-0.39, 0.29) is 11.9 Å². The number of nitrogens with one attached hydrogen (secondary N) is 2.